The summed E-state index contributed by atoms with van der Waals surface area (Å²) in [5.41, 5.74) is 6.75. The molecule has 104 valence electrons. The first-order valence-corrected chi connectivity index (χ1v) is 6.79. The maximum absolute atomic E-state index is 6.08. The Balaban J connectivity index is 2.34. The van der Waals surface area contributed by atoms with Gasteiger partial charge >= 0.3 is 0 Å². The summed E-state index contributed by atoms with van der Waals surface area (Å²) < 4.78 is 10.5. The van der Waals surface area contributed by atoms with Crippen LogP contribution < -0.4 is 15.2 Å². The van der Waals surface area contributed by atoms with E-state index in [1.54, 1.807) is 26.4 Å². The van der Waals surface area contributed by atoms with Gasteiger partial charge in [0.1, 0.15) is 23.0 Å². The molecule has 2 N–H and O–H groups in total. The van der Waals surface area contributed by atoms with Gasteiger partial charge in [0, 0.05) is 18.1 Å². The van der Waals surface area contributed by atoms with Crippen molar-refractivity contribution in [3.05, 3.63) is 17.2 Å². The molecule has 19 heavy (non-hydrogen) atoms. The first-order valence-electron chi connectivity index (χ1n) is 6.41. The molecule has 4 nitrogen and oxygen atoms in total. The molecule has 0 amide bonds. The molecule has 1 aromatic carbocycles. The second-order valence-electron chi connectivity index (χ2n) is 4.68. The van der Waals surface area contributed by atoms with Crippen LogP contribution >= 0.6 is 11.6 Å². The molecular formula is C14H19ClN2O2. The number of aliphatic imine (C=N–C) groups is 1. The van der Waals surface area contributed by atoms with E-state index in [1.165, 1.54) is 12.8 Å². The molecule has 0 spiro atoms. The Bertz CT molecular complexity index is 483. The van der Waals surface area contributed by atoms with Crippen molar-refractivity contribution in [2.24, 2.45) is 16.6 Å². The van der Waals surface area contributed by atoms with Gasteiger partial charge < -0.3 is 15.2 Å². The number of nitrogens with zero attached hydrogens (tertiary/aromatic N) is 1. The lowest BCUT2D eigenvalue weighted by atomic mass is 10.1. The molecule has 5 heteroatoms. The van der Waals surface area contributed by atoms with Crippen LogP contribution in [0.15, 0.2) is 17.1 Å². The van der Waals surface area contributed by atoms with Crippen molar-refractivity contribution in [2.45, 2.75) is 25.7 Å². The number of ether oxygens (including phenoxy) is 2. The predicted octanol–water partition coefficient (Wildman–Crippen LogP) is 3.54. The largest absolute Gasteiger partial charge is 0.495 e. The zero-order valence-corrected chi connectivity index (χ0v) is 12.0. The van der Waals surface area contributed by atoms with Crippen LogP contribution in [0.5, 0.6) is 11.5 Å². The van der Waals surface area contributed by atoms with Gasteiger partial charge in [-0.25, -0.2) is 4.99 Å². The SMILES string of the molecule is COc1cc(N=C(N)C2CCCC2)c(OC)cc1Cl. The number of amidine groups is 1. The molecule has 1 aliphatic carbocycles. The normalized spacial score (nSPS) is 16.7. The fraction of sp³-hybridized carbons (Fsp3) is 0.500. The lowest BCUT2D eigenvalue weighted by Crippen LogP contribution is -2.20. The van der Waals surface area contributed by atoms with E-state index in [1.807, 2.05) is 0 Å². The highest BCUT2D eigenvalue weighted by Gasteiger charge is 2.19. The molecule has 1 aromatic rings. The molecule has 1 saturated carbocycles. The van der Waals surface area contributed by atoms with Crippen molar-refractivity contribution in [2.75, 3.05) is 14.2 Å². The van der Waals surface area contributed by atoms with Crippen LogP contribution in [0.3, 0.4) is 0 Å². The number of methoxy groups -OCH3 is 2. The number of hydrogen-bond donors (Lipinski definition) is 1. The summed E-state index contributed by atoms with van der Waals surface area (Å²) in [4.78, 5) is 4.49. The molecule has 0 unspecified atom stereocenters. The number of halogens is 1. The molecule has 1 fully saturated rings. The van der Waals surface area contributed by atoms with Crippen molar-refractivity contribution < 1.29 is 9.47 Å². The van der Waals surface area contributed by atoms with E-state index in [9.17, 15) is 0 Å². The molecular weight excluding hydrogens is 264 g/mol. The molecule has 1 aliphatic rings. The van der Waals surface area contributed by atoms with Crippen molar-refractivity contribution in [1.82, 2.24) is 0 Å². The van der Waals surface area contributed by atoms with E-state index in [0.29, 0.717) is 34.0 Å². The van der Waals surface area contributed by atoms with Gasteiger partial charge in [0.05, 0.1) is 19.2 Å². The summed E-state index contributed by atoms with van der Waals surface area (Å²) in [6.45, 7) is 0. The lowest BCUT2D eigenvalue weighted by molar-refractivity contribution is 0.404. The quantitative estimate of drug-likeness (QED) is 0.679. The Morgan fingerprint density at radius 1 is 1.21 bits per heavy atom. The second kappa shape index (κ2) is 6.15. The Morgan fingerprint density at radius 3 is 2.42 bits per heavy atom. The van der Waals surface area contributed by atoms with Crippen molar-refractivity contribution in [3.63, 3.8) is 0 Å². The lowest BCUT2D eigenvalue weighted by Gasteiger charge is -2.12. The topological polar surface area (TPSA) is 56.8 Å². The predicted molar refractivity (Wildman–Crippen MR) is 77.8 cm³/mol. The van der Waals surface area contributed by atoms with Gasteiger partial charge in [0.2, 0.25) is 0 Å². The molecule has 0 heterocycles. The van der Waals surface area contributed by atoms with Crippen LogP contribution in [0.25, 0.3) is 0 Å². The van der Waals surface area contributed by atoms with Crippen LogP contribution in [-0.4, -0.2) is 20.1 Å². The third-order valence-electron chi connectivity index (χ3n) is 3.48. The standard InChI is InChI=1S/C14H19ClN2O2/c1-18-12-8-11(13(19-2)7-10(12)15)17-14(16)9-5-3-4-6-9/h7-9H,3-6H2,1-2H3,(H2,16,17). The minimum Gasteiger partial charge on any atom is -0.495 e. The van der Waals surface area contributed by atoms with Gasteiger partial charge in [0.15, 0.2) is 0 Å². The van der Waals surface area contributed by atoms with Crippen LogP contribution in [0.2, 0.25) is 5.02 Å². The summed E-state index contributed by atoms with van der Waals surface area (Å²) in [6, 6.07) is 3.45. The van der Waals surface area contributed by atoms with Crippen LogP contribution in [0.4, 0.5) is 5.69 Å². The van der Waals surface area contributed by atoms with Gasteiger partial charge in [-0.2, -0.15) is 0 Å². The molecule has 0 aliphatic heterocycles. The van der Waals surface area contributed by atoms with E-state index < -0.39 is 0 Å². The summed E-state index contributed by atoms with van der Waals surface area (Å²) in [5, 5.41) is 0.498. The third kappa shape index (κ3) is 3.13. The van der Waals surface area contributed by atoms with E-state index in [-0.39, 0.29) is 0 Å². The zero-order valence-electron chi connectivity index (χ0n) is 11.3. The highest BCUT2D eigenvalue weighted by atomic mass is 35.5. The smallest absolute Gasteiger partial charge is 0.146 e. The van der Waals surface area contributed by atoms with Gasteiger partial charge in [-0.3, -0.25) is 0 Å². The number of benzene rings is 1. The average molecular weight is 283 g/mol. The Kier molecular flexibility index (Phi) is 4.53. The molecule has 2 rings (SSSR count). The van der Waals surface area contributed by atoms with Crippen molar-refractivity contribution in [1.29, 1.82) is 0 Å². The van der Waals surface area contributed by atoms with E-state index in [2.05, 4.69) is 4.99 Å². The molecule has 0 bridgehead atoms. The monoisotopic (exact) mass is 282 g/mol. The fourth-order valence-electron chi connectivity index (χ4n) is 2.38. The average Bonchev–Trinajstić information content (AvgIpc) is 2.94. The fourth-order valence-corrected chi connectivity index (χ4v) is 2.61. The molecule has 0 aromatic heterocycles. The Morgan fingerprint density at radius 2 is 1.84 bits per heavy atom. The van der Waals surface area contributed by atoms with Gasteiger partial charge in [-0.1, -0.05) is 24.4 Å². The number of rotatable bonds is 4. The molecule has 0 saturated heterocycles. The number of nitrogens with two attached hydrogens (primary N) is 1. The van der Waals surface area contributed by atoms with E-state index in [4.69, 9.17) is 26.8 Å². The van der Waals surface area contributed by atoms with Crippen LogP contribution in [0.1, 0.15) is 25.7 Å². The Hall–Kier alpha value is -1.42. The third-order valence-corrected chi connectivity index (χ3v) is 3.77. The highest BCUT2D eigenvalue weighted by Crippen LogP contribution is 2.38. The van der Waals surface area contributed by atoms with Gasteiger partial charge in [0.25, 0.3) is 0 Å². The van der Waals surface area contributed by atoms with Crippen LogP contribution in [-0.2, 0) is 0 Å². The second-order valence-corrected chi connectivity index (χ2v) is 5.08. The van der Waals surface area contributed by atoms with E-state index >= 15 is 0 Å². The van der Waals surface area contributed by atoms with Crippen LogP contribution in [0, 0.1) is 5.92 Å². The molecule has 0 radical (unpaired) electrons. The number of hydrogen-bond acceptors (Lipinski definition) is 3. The maximum Gasteiger partial charge on any atom is 0.146 e. The van der Waals surface area contributed by atoms with Gasteiger partial charge in [-0.15, -0.1) is 0 Å². The minimum absolute atomic E-state index is 0.381. The van der Waals surface area contributed by atoms with Crippen molar-refractivity contribution in [3.8, 4) is 11.5 Å². The van der Waals surface area contributed by atoms with Gasteiger partial charge in [-0.05, 0) is 12.8 Å². The first kappa shape index (κ1) is 14.0. The maximum atomic E-state index is 6.08. The molecule has 0 atom stereocenters. The summed E-state index contributed by atoms with van der Waals surface area (Å²) >= 11 is 6.06. The minimum atomic E-state index is 0.381. The highest BCUT2D eigenvalue weighted by molar-refractivity contribution is 6.32. The Labute approximate surface area is 118 Å². The first-order chi connectivity index (χ1) is 9.15. The summed E-state index contributed by atoms with van der Waals surface area (Å²) in [6.07, 6.45) is 4.68. The zero-order chi connectivity index (χ0) is 13.8. The summed E-state index contributed by atoms with van der Waals surface area (Å²) in [7, 11) is 3.16. The van der Waals surface area contributed by atoms with Crippen molar-refractivity contribution >= 4 is 23.1 Å². The summed E-state index contributed by atoms with van der Waals surface area (Å²) in [5.74, 6) is 2.22. The van der Waals surface area contributed by atoms with E-state index in [0.717, 1.165) is 12.8 Å².